The van der Waals surface area contributed by atoms with E-state index in [4.69, 9.17) is 9.47 Å². The molecular formula is C10H13BrO2. The number of ether oxygens (including phenoxy) is 2. The van der Waals surface area contributed by atoms with E-state index in [1.165, 1.54) is 5.56 Å². The zero-order chi connectivity index (χ0) is 9.68. The first-order chi connectivity index (χ1) is 6.24. The Morgan fingerprint density at radius 2 is 2.15 bits per heavy atom. The molecule has 1 aromatic carbocycles. The zero-order valence-corrected chi connectivity index (χ0v) is 9.43. The molecule has 0 aliphatic heterocycles. The molecule has 0 spiro atoms. The molecule has 0 amide bonds. The highest BCUT2D eigenvalue weighted by Crippen LogP contribution is 2.25. The Morgan fingerprint density at radius 1 is 1.38 bits per heavy atom. The smallest absolute Gasteiger partial charge is 0.189 e. The second-order valence-electron chi connectivity index (χ2n) is 2.69. The molecular weight excluding hydrogens is 232 g/mol. The fraction of sp³-hybridized carbons (Fsp3) is 0.400. The van der Waals surface area contributed by atoms with Crippen molar-refractivity contribution < 1.29 is 9.47 Å². The molecule has 0 heterocycles. The van der Waals surface area contributed by atoms with Crippen molar-refractivity contribution in [2.45, 2.75) is 13.8 Å². The Bertz CT molecular complexity index is 274. The van der Waals surface area contributed by atoms with Crippen LogP contribution in [0.1, 0.15) is 12.5 Å². The average Bonchev–Trinajstić information content (AvgIpc) is 2.09. The van der Waals surface area contributed by atoms with E-state index < -0.39 is 0 Å². The van der Waals surface area contributed by atoms with E-state index in [9.17, 15) is 0 Å². The van der Waals surface area contributed by atoms with Gasteiger partial charge in [0.05, 0.1) is 4.47 Å². The van der Waals surface area contributed by atoms with Crippen LogP contribution in [0, 0.1) is 6.92 Å². The van der Waals surface area contributed by atoms with Gasteiger partial charge in [0.25, 0.3) is 0 Å². The summed E-state index contributed by atoms with van der Waals surface area (Å²) in [6, 6.07) is 5.95. The van der Waals surface area contributed by atoms with E-state index in [0.29, 0.717) is 13.4 Å². The highest BCUT2D eigenvalue weighted by atomic mass is 79.9. The molecule has 0 radical (unpaired) electrons. The summed E-state index contributed by atoms with van der Waals surface area (Å²) >= 11 is 3.42. The molecule has 72 valence electrons. The molecule has 0 saturated heterocycles. The lowest BCUT2D eigenvalue weighted by Crippen LogP contribution is -2.02. The van der Waals surface area contributed by atoms with Crippen molar-refractivity contribution in [2.24, 2.45) is 0 Å². The summed E-state index contributed by atoms with van der Waals surface area (Å²) in [6.07, 6.45) is 0. The van der Waals surface area contributed by atoms with Gasteiger partial charge in [0.2, 0.25) is 0 Å². The summed E-state index contributed by atoms with van der Waals surface area (Å²) in [7, 11) is 0. The lowest BCUT2D eigenvalue weighted by Gasteiger charge is -2.07. The van der Waals surface area contributed by atoms with Gasteiger partial charge >= 0.3 is 0 Å². The van der Waals surface area contributed by atoms with Gasteiger partial charge in [0.15, 0.2) is 6.79 Å². The molecule has 1 rings (SSSR count). The molecule has 0 aliphatic rings. The Labute approximate surface area is 87.0 Å². The summed E-state index contributed by atoms with van der Waals surface area (Å²) in [5.74, 6) is 0.819. The molecule has 13 heavy (non-hydrogen) atoms. The maximum atomic E-state index is 5.36. The molecule has 0 fully saturated rings. The number of rotatable bonds is 4. The normalized spacial score (nSPS) is 10.1. The highest BCUT2D eigenvalue weighted by Gasteiger charge is 1.99. The maximum absolute atomic E-state index is 5.36. The van der Waals surface area contributed by atoms with Crippen molar-refractivity contribution in [3.8, 4) is 5.75 Å². The van der Waals surface area contributed by atoms with Crippen LogP contribution in [-0.4, -0.2) is 13.4 Å². The van der Waals surface area contributed by atoms with Crippen LogP contribution >= 0.6 is 15.9 Å². The molecule has 0 bridgehead atoms. The minimum absolute atomic E-state index is 0.304. The Balaban J connectivity index is 2.56. The number of hydrogen-bond donors (Lipinski definition) is 0. The van der Waals surface area contributed by atoms with Gasteiger partial charge in [-0.25, -0.2) is 0 Å². The predicted molar refractivity (Wildman–Crippen MR) is 56.0 cm³/mol. The molecule has 2 nitrogen and oxygen atoms in total. The largest absolute Gasteiger partial charge is 0.466 e. The van der Waals surface area contributed by atoms with Gasteiger partial charge in [-0.15, -0.1) is 0 Å². The summed E-state index contributed by atoms with van der Waals surface area (Å²) in [4.78, 5) is 0. The van der Waals surface area contributed by atoms with Crippen molar-refractivity contribution in [3.63, 3.8) is 0 Å². The van der Waals surface area contributed by atoms with Crippen molar-refractivity contribution in [2.75, 3.05) is 13.4 Å². The topological polar surface area (TPSA) is 18.5 Å². The SMILES string of the molecule is CCOCOc1ccc(C)cc1Br. The van der Waals surface area contributed by atoms with E-state index in [0.717, 1.165) is 10.2 Å². The summed E-state index contributed by atoms with van der Waals surface area (Å²) in [5.41, 5.74) is 1.20. The van der Waals surface area contributed by atoms with Crippen molar-refractivity contribution in [3.05, 3.63) is 28.2 Å². The predicted octanol–water partition coefficient (Wildman–Crippen LogP) is 3.13. The fourth-order valence-electron chi connectivity index (χ4n) is 0.911. The molecule has 0 unspecified atom stereocenters. The second-order valence-corrected chi connectivity index (χ2v) is 3.54. The quantitative estimate of drug-likeness (QED) is 0.599. The molecule has 0 N–H and O–H groups in total. The lowest BCUT2D eigenvalue weighted by molar-refractivity contribution is 0.0219. The van der Waals surface area contributed by atoms with E-state index >= 15 is 0 Å². The van der Waals surface area contributed by atoms with Crippen LogP contribution in [0.25, 0.3) is 0 Å². The first kappa shape index (κ1) is 10.5. The number of aryl methyl sites for hydroxylation is 1. The van der Waals surface area contributed by atoms with Gasteiger partial charge in [-0.1, -0.05) is 6.07 Å². The second kappa shape index (κ2) is 5.25. The van der Waals surface area contributed by atoms with Crippen LogP contribution in [0.4, 0.5) is 0 Å². The minimum atomic E-state index is 0.304. The minimum Gasteiger partial charge on any atom is -0.466 e. The molecule has 3 heteroatoms. The van der Waals surface area contributed by atoms with Gasteiger partial charge < -0.3 is 9.47 Å². The maximum Gasteiger partial charge on any atom is 0.189 e. The molecule has 0 atom stereocenters. The molecule has 0 aromatic heterocycles. The Kier molecular flexibility index (Phi) is 4.25. The van der Waals surface area contributed by atoms with Crippen LogP contribution in [0.5, 0.6) is 5.75 Å². The van der Waals surface area contributed by atoms with Crippen molar-refractivity contribution in [1.82, 2.24) is 0 Å². The lowest BCUT2D eigenvalue weighted by atomic mass is 10.2. The van der Waals surface area contributed by atoms with Crippen LogP contribution in [0.3, 0.4) is 0 Å². The third kappa shape index (κ3) is 3.36. The Hall–Kier alpha value is -0.540. The molecule has 1 aromatic rings. The van der Waals surface area contributed by atoms with Crippen LogP contribution in [-0.2, 0) is 4.74 Å². The first-order valence-corrected chi connectivity index (χ1v) is 5.00. The molecule has 0 saturated carbocycles. The summed E-state index contributed by atoms with van der Waals surface area (Å²) in [5, 5.41) is 0. The van der Waals surface area contributed by atoms with Gasteiger partial charge in [-0.2, -0.15) is 0 Å². The van der Waals surface area contributed by atoms with E-state index in [1.54, 1.807) is 0 Å². The van der Waals surface area contributed by atoms with E-state index in [-0.39, 0.29) is 0 Å². The van der Waals surface area contributed by atoms with Crippen LogP contribution < -0.4 is 4.74 Å². The van der Waals surface area contributed by atoms with Crippen LogP contribution in [0.2, 0.25) is 0 Å². The number of benzene rings is 1. The third-order valence-electron chi connectivity index (χ3n) is 1.59. The number of hydrogen-bond acceptors (Lipinski definition) is 2. The first-order valence-electron chi connectivity index (χ1n) is 4.20. The number of halogens is 1. The highest BCUT2D eigenvalue weighted by molar-refractivity contribution is 9.10. The monoisotopic (exact) mass is 244 g/mol. The molecule has 0 aliphatic carbocycles. The van der Waals surface area contributed by atoms with Crippen molar-refractivity contribution >= 4 is 15.9 Å². The van der Waals surface area contributed by atoms with Crippen LogP contribution in [0.15, 0.2) is 22.7 Å². The fourth-order valence-corrected chi connectivity index (χ4v) is 1.52. The van der Waals surface area contributed by atoms with Gasteiger partial charge in [0, 0.05) is 6.61 Å². The van der Waals surface area contributed by atoms with Gasteiger partial charge in [0.1, 0.15) is 5.75 Å². The van der Waals surface area contributed by atoms with E-state index in [2.05, 4.69) is 15.9 Å². The summed E-state index contributed by atoms with van der Waals surface area (Å²) in [6.45, 7) is 4.95. The van der Waals surface area contributed by atoms with Gasteiger partial charge in [-0.3, -0.25) is 0 Å². The average molecular weight is 245 g/mol. The van der Waals surface area contributed by atoms with Crippen molar-refractivity contribution in [1.29, 1.82) is 0 Å². The van der Waals surface area contributed by atoms with Gasteiger partial charge in [-0.05, 0) is 47.5 Å². The van der Waals surface area contributed by atoms with E-state index in [1.807, 2.05) is 32.0 Å². The standard InChI is InChI=1S/C10H13BrO2/c1-3-12-7-13-10-5-4-8(2)6-9(10)11/h4-6H,3,7H2,1-2H3. The summed E-state index contributed by atoms with van der Waals surface area (Å²) < 4.78 is 11.4. The third-order valence-corrected chi connectivity index (χ3v) is 2.21. The zero-order valence-electron chi connectivity index (χ0n) is 7.84. The Morgan fingerprint density at radius 3 is 2.77 bits per heavy atom.